The Hall–Kier alpha value is -2.66. The van der Waals surface area contributed by atoms with Crippen LogP contribution in [0.2, 0.25) is 0 Å². The van der Waals surface area contributed by atoms with Crippen LogP contribution in [0.25, 0.3) is 10.8 Å². The predicted molar refractivity (Wildman–Crippen MR) is 91.6 cm³/mol. The van der Waals surface area contributed by atoms with E-state index in [2.05, 4.69) is 10.5 Å². The highest BCUT2D eigenvalue weighted by Crippen LogP contribution is 2.23. The van der Waals surface area contributed by atoms with Gasteiger partial charge in [0, 0.05) is 12.1 Å². The second-order valence-electron chi connectivity index (χ2n) is 5.87. The SMILES string of the molecule is Cc1noc(C)c1CC(=O)NC[C@@H](O)c1cccc2ccccc12. The smallest absolute Gasteiger partial charge is 0.224 e. The minimum Gasteiger partial charge on any atom is -0.387 e. The second-order valence-corrected chi connectivity index (χ2v) is 5.87. The molecule has 0 bridgehead atoms. The monoisotopic (exact) mass is 324 g/mol. The zero-order valence-electron chi connectivity index (χ0n) is 13.7. The minimum absolute atomic E-state index is 0.163. The number of hydrogen-bond donors (Lipinski definition) is 2. The van der Waals surface area contributed by atoms with E-state index in [9.17, 15) is 9.90 Å². The Kier molecular flexibility index (Phi) is 4.62. The first-order chi connectivity index (χ1) is 11.6. The molecule has 3 aromatic rings. The lowest BCUT2D eigenvalue weighted by Crippen LogP contribution is -2.30. The van der Waals surface area contributed by atoms with Crippen LogP contribution >= 0.6 is 0 Å². The maximum absolute atomic E-state index is 12.1. The number of carbonyl (C=O) groups is 1. The molecule has 0 aliphatic rings. The van der Waals surface area contributed by atoms with Gasteiger partial charge in [-0.1, -0.05) is 47.6 Å². The third kappa shape index (κ3) is 3.31. The molecule has 2 N–H and O–H groups in total. The van der Waals surface area contributed by atoms with Gasteiger partial charge in [0.15, 0.2) is 0 Å². The van der Waals surface area contributed by atoms with Crippen molar-refractivity contribution in [3.63, 3.8) is 0 Å². The molecule has 0 fully saturated rings. The summed E-state index contributed by atoms with van der Waals surface area (Å²) in [7, 11) is 0. The lowest BCUT2D eigenvalue weighted by atomic mass is 10.0. The van der Waals surface area contributed by atoms with E-state index in [-0.39, 0.29) is 18.9 Å². The first-order valence-corrected chi connectivity index (χ1v) is 7.90. The lowest BCUT2D eigenvalue weighted by Gasteiger charge is -2.14. The third-order valence-corrected chi connectivity index (χ3v) is 4.19. The van der Waals surface area contributed by atoms with Crippen molar-refractivity contribution in [3.8, 4) is 0 Å². The molecule has 0 saturated heterocycles. The van der Waals surface area contributed by atoms with Crippen LogP contribution in [0.15, 0.2) is 47.0 Å². The topological polar surface area (TPSA) is 75.4 Å². The minimum atomic E-state index is -0.760. The van der Waals surface area contributed by atoms with Crippen LogP contribution in [0.1, 0.15) is 28.7 Å². The Balaban J connectivity index is 1.66. The van der Waals surface area contributed by atoms with Crippen molar-refractivity contribution in [2.24, 2.45) is 0 Å². The number of benzene rings is 2. The van der Waals surface area contributed by atoms with E-state index >= 15 is 0 Å². The van der Waals surface area contributed by atoms with Gasteiger partial charge in [0.1, 0.15) is 5.76 Å². The molecule has 5 heteroatoms. The van der Waals surface area contributed by atoms with Gasteiger partial charge >= 0.3 is 0 Å². The average molecular weight is 324 g/mol. The molecule has 124 valence electrons. The van der Waals surface area contributed by atoms with Gasteiger partial charge in [0.2, 0.25) is 5.91 Å². The van der Waals surface area contributed by atoms with Crippen molar-refractivity contribution < 1.29 is 14.4 Å². The normalized spacial score (nSPS) is 12.3. The molecule has 0 aliphatic heterocycles. The fraction of sp³-hybridized carbons (Fsp3) is 0.263. The van der Waals surface area contributed by atoms with E-state index in [1.54, 1.807) is 6.92 Å². The van der Waals surface area contributed by atoms with Gasteiger partial charge in [-0.3, -0.25) is 4.79 Å². The zero-order chi connectivity index (χ0) is 17.1. The van der Waals surface area contributed by atoms with E-state index in [0.29, 0.717) is 5.76 Å². The van der Waals surface area contributed by atoms with Crippen LogP contribution in [-0.2, 0) is 11.2 Å². The molecule has 1 atom stereocenters. The van der Waals surface area contributed by atoms with Gasteiger partial charge in [-0.2, -0.15) is 0 Å². The Morgan fingerprint density at radius 1 is 1.21 bits per heavy atom. The highest BCUT2D eigenvalue weighted by molar-refractivity contribution is 5.86. The van der Waals surface area contributed by atoms with Crippen LogP contribution in [0, 0.1) is 13.8 Å². The Morgan fingerprint density at radius 3 is 2.71 bits per heavy atom. The van der Waals surface area contributed by atoms with Gasteiger partial charge in [-0.05, 0) is 30.2 Å². The van der Waals surface area contributed by atoms with Crippen molar-refractivity contribution in [1.29, 1.82) is 0 Å². The van der Waals surface area contributed by atoms with Crippen LogP contribution in [0.4, 0.5) is 0 Å². The number of aliphatic hydroxyl groups excluding tert-OH is 1. The summed E-state index contributed by atoms with van der Waals surface area (Å²) in [6.45, 7) is 3.76. The van der Waals surface area contributed by atoms with Gasteiger partial charge in [0.25, 0.3) is 0 Å². The number of aryl methyl sites for hydroxylation is 2. The first-order valence-electron chi connectivity index (χ1n) is 7.90. The molecular weight excluding hydrogens is 304 g/mol. The molecule has 3 rings (SSSR count). The number of nitrogens with one attached hydrogen (secondary N) is 1. The van der Waals surface area contributed by atoms with Gasteiger partial charge in [-0.15, -0.1) is 0 Å². The maximum Gasteiger partial charge on any atom is 0.224 e. The summed E-state index contributed by atoms with van der Waals surface area (Å²) in [5, 5.41) is 19.1. The summed E-state index contributed by atoms with van der Waals surface area (Å²) >= 11 is 0. The van der Waals surface area contributed by atoms with Gasteiger partial charge in [-0.25, -0.2) is 0 Å². The first kappa shape index (κ1) is 16.2. The summed E-state index contributed by atoms with van der Waals surface area (Å²) in [5.74, 6) is 0.487. The van der Waals surface area contributed by atoms with Crippen LogP contribution < -0.4 is 5.32 Å². The third-order valence-electron chi connectivity index (χ3n) is 4.19. The molecule has 24 heavy (non-hydrogen) atoms. The number of aliphatic hydroxyl groups is 1. The number of fused-ring (bicyclic) bond motifs is 1. The average Bonchev–Trinajstić information content (AvgIpc) is 2.91. The molecule has 0 saturated carbocycles. The number of amides is 1. The van der Waals surface area contributed by atoms with E-state index < -0.39 is 6.10 Å². The summed E-state index contributed by atoms with van der Waals surface area (Å²) in [6.07, 6.45) is -0.562. The second kappa shape index (κ2) is 6.84. The Labute approximate surface area is 140 Å². The highest BCUT2D eigenvalue weighted by Gasteiger charge is 2.16. The standard InChI is InChI=1S/C19H20N2O3/c1-12-17(13(2)24-21-12)10-19(23)20-11-18(22)16-9-5-7-14-6-3-4-8-15(14)16/h3-9,18,22H,10-11H2,1-2H3,(H,20,23)/t18-/m1/s1. The van der Waals surface area contributed by atoms with Crippen LogP contribution in [0.5, 0.6) is 0 Å². The fourth-order valence-electron chi connectivity index (χ4n) is 2.84. The largest absolute Gasteiger partial charge is 0.387 e. The van der Waals surface area contributed by atoms with Crippen LogP contribution in [0.3, 0.4) is 0 Å². The molecule has 0 spiro atoms. The molecule has 1 amide bonds. The quantitative estimate of drug-likeness (QED) is 0.757. The predicted octanol–water partition coefficient (Wildman–Crippen LogP) is 2.84. The van der Waals surface area contributed by atoms with Crippen molar-refractivity contribution in [2.75, 3.05) is 6.54 Å². The molecule has 0 radical (unpaired) electrons. The van der Waals surface area contributed by atoms with E-state index in [4.69, 9.17) is 4.52 Å². The number of carbonyl (C=O) groups excluding carboxylic acids is 1. The molecule has 1 aromatic heterocycles. The number of rotatable bonds is 5. The van der Waals surface area contributed by atoms with E-state index in [0.717, 1.165) is 27.6 Å². The van der Waals surface area contributed by atoms with Crippen molar-refractivity contribution in [2.45, 2.75) is 26.4 Å². The number of aromatic nitrogens is 1. The fourth-order valence-corrected chi connectivity index (χ4v) is 2.84. The summed E-state index contributed by atoms with van der Waals surface area (Å²) < 4.78 is 5.06. The van der Waals surface area contributed by atoms with Crippen molar-refractivity contribution >= 4 is 16.7 Å². The molecule has 5 nitrogen and oxygen atoms in total. The Morgan fingerprint density at radius 2 is 1.96 bits per heavy atom. The molecule has 0 unspecified atom stereocenters. The molecular formula is C19H20N2O3. The Bertz CT molecular complexity index is 845. The van der Waals surface area contributed by atoms with Crippen molar-refractivity contribution in [1.82, 2.24) is 10.5 Å². The van der Waals surface area contributed by atoms with E-state index in [1.165, 1.54) is 0 Å². The van der Waals surface area contributed by atoms with Crippen LogP contribution in [-0.4, -0.2) is 22.7 Å². The molecule has 0 aliphatic carbocycles. The highest BCUT2D eigenvalue weighted by atomic mass is 16.5. The number of nitrogens with zero attached hydrogens (tertiary/aromatic N) is 1. The summed E-state index contributed by atoms with van der Waals surface area (Å²) in [6, 6.07) is 13.7. The number of hydrogen-bond acceptors (Lipinski definition) is 4. The van der Waals surface area contributed by atoms with E-state index in [1.807, 2.05) is 49.4 Å². The zero-order valence-corrected chi connectivity index (χ0v) is 13.7. The molecule has 2 aromatic carbocycles. The van der Waals surface area contributed by atoms with Crippen molar-refractivity contribution in [3.05, 3.63) is 65.0 Å². The molecule has 1 heterocycles. The van der Waals surface area contributed by atoms with Gasteiger partial charge < -0.3 is 14.9 Å². The summed E-state index contributed by atoms with van der Waals surface area (Å²) in [5.41, 5.74) is 2.33. The maximum atomic E-state index is 12.1. The lowest BCUT2D eigenvalue weighted by molar-refractivity contribution is -0.120. The van der Waals surface area contributed by atoms with Gasteiger partial charge in [0.05, 0.1) is 18.2 Å². The summed E-state index contributed by atoms with van der Waals surface area (Å²) in [4.78, 5) is 12.1.